The van der Waals surface area contributed by atoms with E-state index in [0.29, 0.717) is 5.92 Å². The first-order chi connectivity index (χ1) is 8.48. The summed E-state index contributed by atoms with van der Waals surface area (Å²) >= 11 is 0. The minimum atomic E-state index is -0.410. The molecule has 0 heterocycles. The van der Waals surface area contributed by atoms with Gasteiger partial charge in [-0.3, -0.25) is 0 Å². The summed E-state index contributed by atoms with van der Waals surface area (Å²) in [6, 6.07) is 10.0. The molecule has 1 unspecified atom stereocenters. The molecule has 18 heavy (non-hydrogen) atoms. The highest BCUT2D eigenvalue weighted by molar-refractivity contribution is 5.68. The summed E-state index contributed by atoms with van der Waals surface area (Å²) in [7, 11) is 2.09. The average molecular weight is 247 g/mol. The van der Waals surface area contributed by atoms with Crippen LogP contribution < -0.4 is 0 Å². The number of likely N-dealkylation sites (N-methyl/N-ethyl adjacent to an activating group) is 1. The first kappa shape index (κ1) is 14.9. The van der Waals surface area contributed by atoms with Crippen LogP contribution in [-0.2, 0) is 10.2 Å². The van der Waals surface area contributed by atoms with Crippen molar-refractivity contribution in [3.63, 3.8) is 0 Å². The van der Waals surface area contributed by atoms with Crippen LogP contribution in [-0.4, -0.2) is 31.3 Å². The molecule has 1 aromatic carbocycles. The summed E-state index contributed by atoms with van der Waals surface area (Å²) < 4.78 is 0. The first-order valence-electron chi connectivity index (χ1n) is 6.68. The second kappa shape index (κ2) is 6.69. The molecule has 0 radical (unpaired) electrons. The summed E-state index contributed by atoms with van der Waals surface area (Å²) in [5, 5.41) is 0. The van der Waals surface area contributed by atoms with E-state index in [1.807, 2.05) is 37.3 Å². The maximum atomic E-state index is 11.5. The van der Waals surface area contributed by atoms with Crippen molar-refractivity contribution in [2.45, 2.75) is 32.6 Å². The minimum Gasteiger partial charge on any atom is -0.305 e. The largest absolute Gasteiger partial charge is 0.305 e. The molecule has 1 aromatic rings. The van der Waals surface area contributed by atoms with E-state index >= 15 is 0 Å². The molecule has 0 aliphatic rings. The molecule has 0 fully saturated rings. The summed E-state index contributed by atoms with van der Waals surface area (Å²) in [5.41, 5.74) is 0.684. The lowest BCUT2D eigenvalue weighted by atomic mass is 9.83. The minimum absolute atomic E-state index is 0.410. The van der Waals surface area contributed by atoms with Gasteiger partial charge < -0.3 is 9.69 Å². The van der Waals surface area contributed by atoms with Crippen LogP contribution in [0.2, 0.25) is 0 Å². The van der Waals surface area contributed by atoms with Crippen molar-refractivity contribution in [3.8, 4) is 0 Å². The van der Waals surface area contributed by atoms with Crippen molar-refractivity contribution in [1.82, 2.24) is 4.90 Å². The molecular formula is C16H25NO. The molecule has 1 rings (SSSR count). The van der Waals surface area contributed by atoms with E-state index in [0.717, 1.165) is 24.9 Å². The van der Waals surface area contributed by atoms with Crippen molar-refractivity contribution in [3.05, 3.63) is 35.9 Å². The van der Waals surface area contributed by atoms with E-state index in [-0.39, 0.29) is 0 Å². The van der Waals surface area contributed by atoms with E-state index in [2.05, 4.69) is 25.8 Å². The van der Waals surface area contributed by atoms with Crippen LogP contribution in [0.15, 0.2) is 30.3 Å². The molecule has 0 spiro atoms. The van der Waals surface area contributed by atoms with Gasteiger partial charge >= 0.3 is 0 Å². The monoisotopic (exact) mass is 247 g/mol. The Labute approximate surface area is 111 Å². The number of carbonyl (C=O) groups is 1. The second-order valence-corrected chi connectivity index (χ2v) is 5.82. The maximum Gasteiger partial charge on any atom is 0.131 e. The molecular weight excluding hydrogens is 222 g/mol. The van der Waals surface area contributed by atoms with E-state index < -0.39 is 5.41 Å². The highest BCUT2D eigenvalue weighted by Gasteiger charge is 2.27. The third-order valence-electron chi connectivity index (χ3n) is 3.38. The Balaban J connectivity index is 2.68. The Hall–Kier alpha value is -1.15. The molecule has 2 nitrogen and oxygen atoms in total. The molecule has 1 atom stereocenters. The van der Waals surface area contributed by atoms with Gasteiger partial charge in [-0.2, -0.15) is 0 Å². The Morgan fingerprint density at radius 3 is 2.39 bits per heavy atom. The Morgan fingerprint density at radius 1 is 1.28 bits per heavy atom. The van der Waals surface area contributed by atoms with Crippen LogP contribution >= 0.6 is 0 Å². The van der Waals surface area contributed by atoms with Crippen LogP contribution in [0.3, 0.4) is 0 Å². The third-order valence-corrected chi connectivity index (χ3v) is 3.38. The fourth-order valence-corrected chi connectivity index (χ4v) is 2.13. The summed E-state index contributed by atoms with van der Waals surface area (Å²) in [6.45, 7) is 8.27. The summed E-state index contributed by atoms with van der Waals surface area (Å²) in [6.07, 6.45) is 2.24. The van der Waals surface area contributed by atoms with Gasteiger partial charge in [-0.15, -0.1) is 0 Å². The number of benzene rings is 1. The number of nitrogens with zero attached hydrogens (tertiary/aromatic N) is 1. The first-order valence-corrected chi connectivity index (χ1v) is 6.68. The summed E-state index contributed by atoms with van der Waals surface area (Å²) in [5.74, 6) is 0.701. The third kappa shape index (κ3) is 4.26. The molecule has 0 saturated heterocycles. The average Bonchev–Trinajstić information content (AvgIpc) is 2.37. The number of carbonyl (C=O) groups excluding carboxylic acids is 1. The fraction of sp³-hybridized carbons (Fsp3) is 0.562. The Morgan fingerprint density at radius 2 is 1.89 bits per heavy atom. The quantitative estimate of drug-likeness (QED) is 0.690. The van der Waals surface area contributed by atoms with Crippen LogP contribution in [0.4, 0.5) is 0 Å². The number of hydrogen-bond acceptors (Lipinski definition) is 2. The summed E-state index contributed by atoms with van der Waals surface area (Å²) in [4.78, 5) is 13.7. The molecule has 0 saturated carbocycles. The van der Waals surface area contributed by atoms with E-state index in [1.165, 1.54) is 6.42 Å². The highest BCUT2D eigenvalue weighted by atomic mass is 16.1. The lowest BCUT2D eigenvalue weighted by Crippen LogP contribution is -2.38. The van der Waals surface area contributed by atoms with Crippen LogP contribution in [0.25, 0.3) is 0 Å². The normalized spacial score (nSPS) is 14.8. The predicted molar refractivity (Wildman–Crippen MR) is 76.8 cm³/mol. The smallest absolute Gasteiger partial charge is 0.131 e. The van der Waals surface area contributed by atoms with Crippen molar-refractivity contribution >= 4 is 6.29 Å². The molecule has 0 amide bonds. The second-order valence-electron chi connectivity index (χ2n) is 5.82. The van der Waals surface area contributed by atoms with Gasteiger partial charge in [0.1, 0.15) is 6.29 Å². The Kier molecular flexibility index (Phi) is 5.54. The fourth-order valence-electron chi connectivity index (χ4n) is 2.13. The molecule has 0 aromatic heterocycles. The van der Waals surface area contributed by atoms with Gasteiger partial charge in [0, 0.05) is 6.54 Å². The van der Waals surface area contributed by atoms with Crippen molar-refractivity contribution in [1.29, 1.82) is 0 Å². The SMILES string of the molecule is CC(C)CCN(C)CC(C)(C=O)c1ccccc1. The number of rotatable bonds is 7. The van der Waals surface area contributed by atoms with E-state index in [1.54, 1.807) is 0 Å². The predicted octanol–water partition coefficient (Wildman–Crippen LogP) is 3.12. The van der Waals surface area contributed by atoms with Gasteiger partial charge in [0.05, 0.1) is 5.41 Å². The maximum absolute atomic E-state index is 11.5. The van der Waals surface area contributed by atoms with Gasteiger partial charge in [-0.25, -0.2) is 0 Å². The van der Waals surface area contributed by atoms with Gasteiger partial charge in [0.25, 0.3) is 0 Å². The molecule has 0 aliphatic carbocycles. The standard InChI is InChI=1S/C16H25NO/c1-14(2)10-11-17(4)12-16(3,13-18)15-8-6-5-7-9-15/h5-9,13-14H,10-12H2,1-4H3. The van der Waals surface area contributed by atoms with Crippen molar-refractivity contribution < 1.29 is 4.79 Å². The Bertz CT molecular complexity index is 361. The molecule has 2 heteroatoms. The van der Waals surface area contributed by atoms with Crippen molar-refractivity contribution in [2.75, 3.05) is 20.1 Å². The van der Waals surface area contributed by atoms with Crippen LogP contribution in [0.5, 0.6) is 0 Å². The van der Waals surface area contributed by atoms with Gasteiger partial charge in [0.15, 0.2) is 0 Å². The van der Waals surface area contributed by atoms with Gasteiger partial charge in [-0.05, 0) is 38.4 Å². The topological polar surface area (TPSA) is 20.3 Å². The van der Waals surface area contributed by atoms with Gasteiger partial charge in [-0.1, -0.05) is 44.2 Å². The molecule has 0 bridgehead atoms. The lowest BCUT2D eigenvalue weighted by molar-refractivity contribution is -0.112. The van der Waals surface area contributed by atoms with E-state index in [9.17, 15) is 4.79 Å². The zero-order valence-electron chi connectivity index (χ0n) is 12.0. The van der Waals surface area contributed by atoms with Crippen LogP contribution in [0, 0.1) is 5.92 Å². The lowest BCUT2D eigenvalue weighted by Gasteiger charge is -2.29. The van der Waals surface area contributed by atoms with Crippen molar-refractivity contribution in [2.24, 2.45) is 5.92 Å². The highest BCUT2D eigenvalue weighted by Crippen LogP contribution is 2.22. The number of hydrogen-bond donors (Lipinski definition) is 0. The number of aldehydes is 1. The van der Waals surface area contributed by atoms with E-state index in [4.69, 9.17) is 0 Å². The molecule has 0 N–H and O–H groups in total. The molecule has 100 valence electrons. The van der Waals surface area contributed by atoms with Gasteiger partial charge in [0.2, 0.25) is 0 Å². The zero-order chi connectivity index (χ0) is 13.6. The molecule has 0 aliphatic heterocycles. The zero-order valence-corrected chi connectivity index (χ0v) is 12.0. The van der Waals surface area contributed by atoms with Crippen LogP contribution in [0.1, 0.15) is 32.8 Å².